The summed E-state index contributed by atoms with van der Waals surface area (Å²) in [6.07, 6.45) is 3.12. The van der Waals surface area contributed by atoms with E-state index in [1.807, 2.05) is 30.3 Å². The van der Waals surface area contributed by atoms with E-state index in [9.17, 15) is 9.18 Å². The van der Waals surface area contributed by atoms with Gasteiger partial charge in [0.2, 0.25) is 0 Å². The van der Waals surface area contributed by atoms with E-state index in [0.717, 1.165) is 5.56 Å². The highest BCUT2D eigenvalue weighted by atomic mass is 19.1. The van der Waals surface area contributed by atoms with Gasteiger partial charge in [-0.25, -0.2) is 14.8 Å². The van der Waals surface area contributed by atoms with Crippen molar-refractivity contribution in [3.63, 3.8) is 0 Å². The molecule has 2 aromatic heterocycles. The zero-order valence-electron chi connectivity index (χ0n) is 14.7. The minimum absolute atomic E-state index is 0.327. The molecule has 0 atom stereocenters. The van der Waals surface area contributed by atoms with Gasteiger partial charge in [0.25, 0.3) is 5.91 Å². The van der Waals surface area contributed by atoms with E-state index in [2.05, 4.69) is 20.5 Å². The van der Waals surface area contributed by atoms with E-state index in [4.69, 9.17) is 0 Å². The van der Waals surface area contributed by atoms with Crippen LogP contribution in [0, 0.1) is 5.82 Å². The lowest BCUT2D eigenvalue weighted by molar-refractivity contribution is 0.0956. The fraction of sp³-hybridized carbons (Fsp3) is 0. The SMILES string of the molecule is O=C(NN=Cc1ccccn1)c1cc(-c2ccc(F)cc2)nc2ccccc12. The highest BCUT2D eigenvalue weighted by molar-refractivity contribution is 6.07. The van der Waals surface area contributed by atoms with Crippen LogP contribution in [0.25, 0.3) is 22.2 Å². The molecule has 5 nitrogen and oxygen atoms in total. The van der Waals surface area contributed by atoms with Crippen LogP contribution in [0.15, 0.2) is 84.1 Å². The number of para-hydroxylation sites is 1. The molecule has 0 fully saturated rings. The third-order valence-electron chi connectivity index (χ3n) is 4.15. The molecule has 28 heavy (non-hydrogen) atoms. The third kappa shape index (κ3) is 3.76. The Hall–Kier alpha value is -3.93. The predicted molar refractivity (Wildman–Crippen MR) is 106 cm³/mol. The van der Waals surface area contributed by atoms with Crippen molar-refractivity contribution >= 4 is 23.0 Å². The number of nitrogens with one attached hydrogen (secondary N) is 1. The van der Waals surface area contributed by atoms with Crippen LogP contribution in [-0.2, 0) is 0 Å². The summed E-state index contributed by atoms with van der Waals surface area (Å²) >= 11 is 0. The number of hydrazone groups is 1. The average molecular weight is 370 g/mol. The Morgan fingerprint density at radius 3 is 2.57 bits per heavy atom. The first-order valence-corrected chi connectivity index (χ1v) is 8.61. The number of fused-ring (bicyclic) bond motifs is 1. The van der Waals surface area contributed by atoms with Crippen LogP contribution in [0.4, 0.5) is 4.39 Å². The van der Waals surface area contributed by atoms with Crippen LogP contribution in [0.3, 0.4) is 0 Å². The second kappa shape index (κ2) is 7.75. The Morgan fingerprint density at radius 1 is 1.00 bits per heavy atom. The number of benzene rings is 2. The predicted octanol–water partition coefficient (Wildman–Crippen LogP) is 4.20. The van der Waals surface area contributed by atoms with Crippen molar-refractivity contribution < 1.29 is 9.18 Å². The molecule has 4 aromatic rings. The molecule has 0 saturated heterocycles. The molecule has 0 saturated carbocycles. The Morgan fingerprint density at radius 2 is 1.79 bits per heavy atom. The van der Waals surface area contributed by atoms with Gasteiger partial charge in [0.15, 0.2) is 0 Å². The molecule has 1 N–H and O–H groups in total. The van der Waals surface area contributed by atoms with Gasteiger partial charge in [0.05, 0.1) is 28.7 Å². The van der Waals surface area contributed by atoms with Crippen LogP contribution in [0.5, 0.6) is 0 Å². The van der Waals surface area contributed by atoms with Crippen molar-refractivity contribution in [1.29, 1.82) is 0 Å². The maximum atomic E-state index is 13.2. The number of hydrogen-bond acceptors (Lipinski definition) is 4. The molecule has 136 valence electrons. The molecule has 1 amide bonds. The van der Waals surface area contributed by atoms with Gasteiger partial charge in [-0.1, -0.05) is 24.3 Å². The molecule has 4 rings (SSSR count). The lowest BCUT2D eigenvalue weighted by Crippen LogP contribution is -2.18. The van der Waals surface area contributed by atoms with E-state index in [1.165, 1.54) is 18.3 Å². The van der Waals surface area contributed by atoms with Crippen LogP contribution in [-0.4, -0.2) is 22.1 Å². The number of carbonyl (C=O) groups excluding carboxylic acids is 1. The summed E-state index contributed by atoms with van der Waals surface area (Å²) in [6.45, 7) is 0. The summed E-state index contributed by atoms with van der Waals surface area (Å²) in [5, 5.41) is 4.69. The Labute approximate surface area is 160 Å². The molecule has 0 aliphatic rings. The molecule has 0 radical (unpaired) electrons. The zero-order valence-corrected chi connectivity index (χ0v) is 14.7. The van der Waals surface area contributed by atoms with Crippen molar-refractivity contribution in [1.82, 2.24) is 15.4 Å². The smallest absolute Gasteiger partial charge is 0.267 e. The number of halogens is 1. The maximum absolute atomic E-state index is 13.2. The highest BCUT2D eigenvalue weighted by Gasteiger charge is 2.13. The lowest BCUT2D eigenvalue weighted by atomic mass is 10.0. The van der Waals surface area contributed by atoms with Crippen molar-refractivity contribution in [3.8, 4) is 11.3 Å². The van der Waals surface area contributed by atoms with E-state index in [0.29, 0.717) is 27.9 Å². The average Bonchev–Trinajstić information content (AvgIpc) is 2.74. The zero-order chi connectivity index (χ0) is 19.3. The monoisotopic (exact) mass is 370 g/mol. The van der Waals surface area contributed by atoms with Gasteiger partial charge in [-0.3, -0.25) is 9.78 Å². The second-order valence-corrected chi connectivity index (χ2v) is 6.03. The third-order valence-corrected chi connectivity index (χ3v) is 4.15. The molecule has 6 heteroatoms. The number of aromatic nitrogens is 2. The summed E-state index contributed by atoms with van der Waals surface area (Å²) in [4.78, 5) is 21.5. The molecule has 2 aromatic carbocycles. The van der Waals surface area contributed by atoms with E-state index < -0.39 is 0 Å². The van der Waals surface area contributed by atoms with Gasteiger partial charge in [-0.2, -0.15) is 5.10 Å². The lowest BCUT2D eigenvalue weighted by Gasteiger charge is -2.09. The van der Waals surface area contributed by atoms with Gasteiger partial charge in [-0.05, 0) is 48.5 Å². The summed E-state index contributed by atoms with van der Waals surface area (Å²) in [5.41, 5.74) is 5.57. The second-order valence-electron chi connectivity index (χ2n) is 6.03. The molecule has 0 aliphatic heterocycles. The summed E-state index contributed by atoms with van der Waals surface area (Å²) < 4.78 is 13.2. The number of rotatable bonds is 4. The van der Waals surface area contributed by atoms with Gasteiger partial charge < -0.3 is 0 Å². The Balaban J connectivity index is 1.69. The molecular weight excluding hydrogens is 355 g/mol. The molecule has 0 spiro atoms. The maximum Gasteiger partial charge on any atom is 0.272 e. The van der Waals surface area contributed by atoms with Crippen LogP contribution in [0.1, 0.15) is 16.1 Å². The number of amides is 1. The van der Waals surface area contributed by atoms with Gasteiger partial charge in [0.1, 0.15) is 5.82 Å². The number of hydrogen-bond donors (Lipinski definition) is 1. The Bertz CT molecular complexity index is 1160. The van der Waals surface area contributed by atoms with Gasteiger partial charge in [-0.15, -0.1) is 0 Å². The highest BCUT2D eigenvalue weighted by Crippen LogP contribution is 2.25. The number of carbonyl (C=O) groups is 1. The fourth-order valence-corrected chi connectivity index (χ4v) is 2.80. The summed E-state index contributed by atoms with van der Waals surface area (Å²) in [6, 6.07) is 20.4. The number of pyridine rings is 2. The quantitative estimate of drug-likeness (QED) is 0.432. The van der Waals surface area contributed by atoms with Gasteiger partial charge >= 0.3 is 0 Å². The molecule has 0 bridgehead atoms. The van der Waals surface area contributed by atoms with Crippen molar-refractivity contribution in [2.45, 2.75) is 0 Å². The van der Waals surface area contributed by atoms with Gasteiger partial charge in [0, 0.05) is 17.1 Å². The first kappa shape index (κ1) is 17.5. The molecular formula is C22H15FN4O. The van der Waals surface area contributed by atoms with Crippen LogP contribution in [0.2, 0.25) is 0 Å². The van der Waals surface area contributed by atoms with Crippen LogP contribution >= 0.6 is 0 Å². The van der Waals surface area contributed by atoms with Crippen molar-refractivity contribution in [2.24, 2.45) is 5.10 Å². The molecule has 0 unspecified atom stereocenters. The van der Waals surface area contributed by atoms with E-state index >= 15 is 0 Å². The van der Waals surface area contributed by atoms with E-state index in [1.54, 1.807) is 36.5 Å². The normalized spacial score (nSPS) is 11.0. The largest absolute Gasteiger partial charge is 0.272 e. The topological polar surface area (TPSA) is 67.2 Å². The van der Waals surface area contributed by atoms with E-state index in [-0.39, 0.29) is 11.7 Å². The minimum Gasteiger partial charge on any atom is -0.267 e. The molecule has 2 heterocycles. The minimum atomic E-state index is -0.367. The Kier molecular flexibility index (Phi) is 4.84. The summed E-state index contributed by atoms with van der Waals surface area (Å²) in [5.74, 6) is -0.694. The van der Waals surface area contributed by atoms with Crippen molar-refractivity contribution in [3.05, 3.63) is 96.1 Å². The number of nitrogens with zero attached hydrogens (tertiary/aromatic N) is 3. The molecule has 0 aliphatic carbocycles. The summed E-state index contributed by atoms with van der Waals surface area (Å²) in [7, 11) is 0. The first-order chi connectivity index (χ1) is 13.7. The van der Waals surface area contributed by atoms with Crippen molar-refractivity contribution in [2.75, 3.05) is 0 Å². The standard InChI is InChI=1S/C22H15FN4O/c23-16-10-8-15(9-11-16)21-13-19(18-6-1-2-7-20(18)26-21)22(28)27-25-14-17-5-3-4-12-24-17/h1-14H,(H,27,28). The first-order valence-electron chi connectivity index (χ1n) is 8.61. The van der Waals surface area contributed by atoms with Crippen LogP contribution < -0.4 is 5.43 Å². The fourth-order valence-electron chi connectivity index (χ4n) is 2.80.